The van der Waals surface area contributed by atoms with Crippen LogP contribution in [0.4, 0.5) is 0 Å². The molecule has 0 aliphatic heterocycles. The van der Waals surface area contributed by atoms with E-state index in [1.807, 2.05) is 11.7 Å². The van der Waals surface area contributed by atoms with Crippen molar-refractivity contribution in [3.05, 3.63) is 5.82 Å². The largest absolute Gasteiger partial charge is 0.171 e. The molecule has 0 bridgehead atoms. The van der Waals surface area contributed by atoms with Gasteiger partial charge in [-0.05, 0) is 116 Å². The Balaban J connectivity index is 1.29. The summed E-state index contributed by atoms with van der Waals surface area (Å²) in [5.41, 5.74) is 0.545. The fourth-order valence-corrected chi connectivity index (χ4v) is 9.08. The van der Waals surface area contributed by atoms with Crippen molar-refractivity contribution < 1.29 is 0 Å². The van der Waals surface area contributed by atoms with E-state index in [0.29, 0.717) is 11.3 Å². The van der Waals surface area contributed by atoms with E-state index in [4.69, 9.17) is 0 Å². The van der Waals surface area contributed by atoms with Crippen LogP contribution in [0, 0.1) is 59.7 Å². The average molecular weight is 399 g/mol. The molecule has 1 aromatic rings. The van der Waals surface area contributed by atoms with Gasteiger partial charge in [0.2, 0.25) is 0 Å². The molecule has 3 unspecified atom stereocenters. The molecule has 5 rings (SSSR count). The van der Waals surface area contributed by atoms with Crippen LogP contribution < -0.4 is 0 Å². The smallest absolute Gasteiger partial charge is 0.164 e. The zero-order valence-corrected chi connectivity index (χ0v) is 19.2. The molecule has 0 spiro atoms. The number of tetrazole rings is 1. The number of aryl methyl sites for hydroxylation is 1. The summed E-state index contributed by atoms with van der Waals surface area (Å²) in [5.74, 6) is 8.49. The van der Waals surface area contributed by atoms with Crippen LogP contribution in [0.1, 0.15) is 90.8 Å². The van der Waals surface area contributed by atoms with Crippen LogP contribution in [0.25, 0.3) is 0 Å². The highest BCUT2D eigenvalue weighted by molar-refractivity contribution is 5.06. The topological polar surface area (TPSA) is 43.6 Å². The van der Waals surface area contributed by atoms with Crippen molar-refractivity contribution in [1.82, 2.24) is 20.2 Å². The van der Waals surface area contributed by atoms with Crippen molar-refractivity contribution in [2.24, 2.45) is 52.8 Å². The first-order valence-corrected chi connectivity index (χ1v) is 12.7. The van der Waals surface area contributed by atoms with E-state index in [2.05, 4.69) is 36.2 Å². The zero-order chi connectivity index (χ0) is 20.2. The van der Waals surface area contributed by atoms with Crippen LogP contribution in [-0.2, 0) is 6.54 Å². The third kappa shape index (κ3) is 3.37. The van der Waals surface area contributed by atoms with Crippen molar-refractivity contribution >= 4 is 0 Å². The Labute approximate surface area is 177 Å². The van der Waals surface area contributed by atoms with Crippen molar-refractivity contribution in [2.75, 3.05) is 0 Å². The molecule has 4 aliphatic carbocycles. The van der Waals surface area contributed by atoms with Crippen LogP contribution in [0.2, 0.25) is 0 Å². The standard InChI is InChI=1S/C25H42N4/c1-5-18-6-8-20-19(14-18)7-9-22-21(20)12-13-25(4)23(10-11-24(22)25)16(2)15-29-27-17(3)26-28-29/h16,18-24H,5-15H2,1-4H3/t16-,18+,19?,20+,21?,22-,23-,24?,25-/m1/s1. The SMILES string of the molecule is CC[C@H]1CC[C@H]2C(CC[C@@H]3C2CC[C@@]2(C)C3CC[C@@H]2[C@H](C)Cn2nnc(C)n2)C1. The van der Waals surface area contributed by atoms with Gasteiger partial charge in [0.05, 0.1) is 6.54 Å². The molecule has 0 radical (unpaired) electrons. The molecule has 0 saturated heterocycles. The molecule has 4 aliphatic rings. The Morgan fingerprint density at radius 2 is 1.86 bits per heavy atom. The second-order valence-electron chi connectivity index (χ2n) is 11.6. The van der Waals surface area contributed by atoms with Crippen molar-refractivity contribution in [1.29, 1.82) is 0 Å². The van der Waals surface area contributed by atoms with Crippen LogP contribution in [-0.4, -0.2) is 20.2 Å². The number of hydrogen-bond acceptors (Lipinski definition) is 3. The fourth-order valence-electron chi connectivity index (χ4n) is 9.08. The minimum atomic E-state index is 0.545. The molecule has 4 nitrogen and oxygen atoms in total. The molecule has 29 heavy (non-hydrogen) atoms. The Bertz CT molecular complexity index is 713. The highest BCUT2D eigenvalue weighted by Crippen LogP contribution is 2.65. The maximum atomic E-state index is 4.47. The summed E-state index contributed by atoms with van der Waals surface area (Å²) >= 11 is 0. The minimum absolute atomic E-state index is 0.545. The predicted molar refractivity (Wildman–Crippen MR) is 116 cm³/mol. The van der Waals surface area contributed by atoms with Crippen LogP contribution in [0.15, 0.2) is 0 Å². The van der Waals surface area contributed by atoms with Gasteiger partial charge in [-0.15, -0.1) is 10.2 Å². The summed E-state index contributed by atoms with van der Waals surface area (Å²) in [4.78, 5) is 1.85. The summed E-state index contributed by atoms with van der Waals surface area (Å²) in [6.45, 7) is 10.4. The predicted octanol–water partition coefficient (Wildman–Crippen LogP) is 5.91. The summed E-state index contributed by atoms with van der Waals surface area (Å²) in [5, 5.41) is 12.8. The van der Waals surface area contributed by atoms with E-state index < -0.39 is 0 Å². The van der Waals surface area contributed by atoms with Crippen LogP contribution in [0.3, 0.4) is 0 Å². The molecule has 162 valence electrons. The van der Waals surface area contributed by atoms with E-state index in [9.17, 15) is 0 Å². The van der Waals surface area contributed by atoms with Gasteiger partial charge in [-0.3, -0.25) is 0 Å². The summed E-state index contributed by atoms with van der Waals surface area (Å²) in [6.07, 6.45) is 15.0. The van der Waals surface area contributed by atoms with Gasteiger partial charge in [0.1, 0.15) is 0 Å². The normalized spacial score (nSPS) is 45.3. The lowest BCUT2D eigenvalue weighted by Crippen LogP contribution is -2.49. The fraction of sp³-hybridized carbons (Fsp3) is 0.960. The molecule has 4 saturated carbocycles. The van der Waals surface area contributed by atoms with E-state index in [1.165, 1.54) is 51.4 Å². The minimum Gasteiger partial charge on any atom is -0.164 e. The van der Waals surface area contributed by atoms with Crippen molar-refractivity contribution in [3.63, 3.8) is 0 Å². The van der Waals surface area contributed by atoms with Gasteiger partial charge in [0.15, 0.2) is 5.82 Å². The van der Waals surface area contributed by atoms with Gasteiger partial charge >= 0.3 is 0 Å². The maximum Gasteiger partial charge on any atom is 0.171 e. The molecule has 1 aromatic heterocycles. The number of fused-ring (bicyclic) bond motifs is 5. The van der Waals surface area contributed by atoms with Gasteiger partial charge in [-0.2, -0.15) is 4.80 Å². The molecule has 4 fully saturated rings. The average Bonchev–Trinajstić information content (AvgIpc) is 3.29. The first-order valence-electron chi connectivity index (χ1n) is 12.7. The highest BCUT2D eigenvalue weighted by atomic mass is 15.6. The molecular weight excluding hydrogens is 356 g/mol. The Morgan fingerprint density at radius 1 is 1.03 bits per heavy atom. The summed E-state index contributed by atoms with van der Waals surface area (Å²) < 4.78 is 0. The molecule has 4 heteroatoms. The van der Waals surface area contributed by atoms with E-state index >= 15 is 0 Å². The Hall–Kier alpha value is -0.930. The molecular formula is C25H42N4. The molecule has 1 heterocycles. The molecule has 0 N–H and O–H groups in total. The lowest BCUT2D eigenvalue weighted by atomic mass is 9.48. The first kappa shape index (κ1) is 20.0. The van der Waals surface area contributed by atoms with Crippen molar-refractivity contribution in [2.45, 2.75) is 98.4 Å². The van der Waals surface area contributed by atoms with Gasteiger partial charge in [-0.25, -0.2) is 0 Å². The maximum absolute atomic E-state index is 4.47. The van der Waals surface area contributed by atoms with Crippen molar-refractivity contribution in [3.8, 4) is 0 Å². The second kappa shape index (κ2) is 7.64. The summed E-state index contributed by atoms with van der Waals surface area (Å²) in [6, 6.07) is 0. The van der Waals surface area contributed by atoms with Gasteiger partial charge in [0.25, 0.3) is 0 Å². The van der Waals surface area contributed by atoms with Crippen LogP contribution in [0.5, 0.6) is 0 Å². The number of aromatic nitrogens is 4. The monoisotopic (exact) mass is 398 g/mol. The lowest BCUT2D eigenvalue weighted by molar-refractivity contribution is -0.0749. The number of nitrogens with zero attached hydrogens (tertiary/aromatic N) is 4. The van der Waals surface area contributed by atoms with E-state index in [0.717, 1.165) is 53.8 Å². The van der Waals surface area contributed by atoms with E-state index in [1.54, 1.807) is 12.8 Å². The van der Waals surface area contributed by atoms with E-state index in [-0.39, 0.29) is 0 Å². The van der Waals surface area contributed by atoms with Gasteiger partial charge in [0, 0.05) is 0 Å². The first-order chi connectivity index (χ1) is 14.0. The van der Waals surface area contributed by atoms with Gasteiger partial charge < -0.3 is 0 Å². The Morgan fingerprint density at radius 3 is 2.62 bits per heavy atom. The number of hydrogen-bond donors (Lipinski definition) is 0. The molecule has 0 amide bonds. The molecule has 0 aromatic carbocycles. The third-order valence-corrected chi connectivity index (χ3v) is 10.4. The van der Waals surface area contributed by atoms with Crippen LogP contribution >= 0.6 is 0 Å². The molecule has 9 atom stereocenters. The quantitative estimate of drug-likeness (QED) is 0.633. The third-order valence-electron chi connectivity index (χ3n) is 10.4. The Kier molecular flexibility index (Phi) is 5.27. The van der Waals surface area contributed by atoms with Gasteiger partial charge in [-0.1, -0.05) is 33.6 Å². The zero-order valence-electron chi connectivity index (χ0n) is 19.2. The second-order valence-corrected chi connectivity index (χ2v) is 11.6. The number of rotatable bonds is 4. The highest BCUT2D eigenvalue weighted by Gasteiger charge is 2.57. The lowest BCUT2D eigenvalue weighted by Gasteiger charge is -2.57. The summed E-state index contributed by atoms with van der Waals surface area (Å²) in [7, 11) is 0.